The van der Waals surface area contributed by atoms with Gasteiger partial charge in [0.25, 0.3) is 0 Å². The lowest BCUT2D eigenvalue weighted by Crippen LogP contribution is -2.48. The fraction of sp³-hybridized carbons (Fsp3) is 0.467. The molecule has 122 valence electrons. The van der Waals surface area contributed by atoms with Gasteiger partial charge in [-0.1, -0.05) is 18.2 Å². The molecule has 0 radical (unpaired) electrons. The molecule has 1 aliphatic carbocycles. The van der Waals surface area contributed by atoms with E-state index in [1.807, 2.05) is 6.07 Å². The zero-order chi connectivity index (χ0) is 15.9. The Balaban J connectivity index is 1.44. The number of hydrogen-bond acceptors (Lipinski definition) is 6. The molecule has 4 rings (SSSR count). The Labute approximate surface area is 140 Å². The second kappa shape index (κ2) is 5.85. The molecular weight excluding hydrogens is 332 g/mol. The van der Waals surface area contributed by atoms with E-state index in [4.69, 9.17) is 0 Å². The Morgan fingerprint density at radius 1 is 1.04 bits per heavy atom. The van der Waals surface area contributed by atoms with E-state index in [2.05, 4.69) is 14.3 Å². The summed E-state index contributed by atoms with van der Waals surface area (Å²) in [5.41, 5.74) is 0. The van der Waals surface area contributed by atoms with Crippen LogP contribution in [0.5, 0.6) is 0 Å². The lowest BCUT2D eigenvalue weighted by atomic mass is 10.4. The highest BCUT2D eigenvalue weighted by Gasteiger charge is 2.31. The van der Waals surface area contributed by atoms with Crippen LogP contribution in [0.4, 0.5) is 5.13 Å². The first kappa shape index (κ1) is 15.0. The van der Waals surface area contributed by atoms with Gasteiger partial charge in [-0.15, -0.1) is 0 Å². The molecule has 1 saturated heterocycles. The van der Waals surface area contributed by atoms with Crippen LogP contribution in [-0.2, 0) is 10.0 Å². The highest BCUT2D eigenvalue weighted by molar-refractivity contribution is 7.89. The van der Waals surface area contributed by atoms with Crippen molar-refractivity contribution in [3.05, 3.63) is 36.2 Å². The predicted molar refractivity (Wildman–Crippen MR) is 89.3 cm³/mol. The van der Waals surface area contributed by atoms with Crippen LogP contribution in [0, 0.1) is 0 Å². The summed E-state index contributed by atoms with van der Waals surface area (Å²) in [7, 11) is -3.39. The van der Waals surface area contributed by atoms with Crippen LogP contribution in [0.3, 0.4) is 0 Å². The van der Waals surface area contributed by atoms with Crippen molar-refractivity contribution >= 4 is 26.7 Å². The second-order valence-electron chi connectivity index (χ2n) is 5.91. The molecule has 1 aliphatic heterocycles. The van der Waals surface area contributed by atoms with E-state index in [1.54, 1.807) is 28.6 Å². The van der Waals surface area contributed by atoms with Crippen LogP contribution >= 0.6 is 11.5 Å². The molecule has 0 atom stereocenters. The maximum Gasteiger partial charge on any atom is 0.243 e. The molecule has 0 N–H and O–H groups in total. The molecule has 2 aliphatic rings. The molecule has 0 amide bonds. The Morgan fingerprint density at radius 2 is 1.74 bits per heavy atom. The fourth-order valence-corrected chi connectivity index (χ4v) is 4.96. The summed E-state index contributed by atoms with van der Waals surface area (Å²) in [4.78, 5) is 7.11. The number of piperazine rings is 1. The van der Waals surface area contributed by atoms with E-state index in [0.29, 0.717) is 37.0 Å². The zero-order valence-corrected chi connectivity index (χ0v) is 14.3. The van der Waals surface area contributed by atoms with Gasteiger partial charge in [0.1, 0.15) is 5.82 Å². The molecule has 8 heteroatoms. The first-order valence-electron chi connectivity index (χ1n) is 7.78. The Hall–Kier alpha value is -1.51. The van der Waals surface area contributed by atoms with E-state index in [-0.39, 0.29) is 0 Å². The monoisotopic (exact) mass is 350 g/mol. The van der Waals surface area contributed by atoms with Crippen LogP contribution in [0.2, 0.25) is 0 Å². The Bertz CT molecular complexity index is 779. The maximum absolute atomic E-state index is 12.6. The highest BCUT2D eigenvalue weighted by Crippen LogP contribution is 2.39. The van der Waals surface area contributed by atoms with Crippen LogP contribution < -0.4 is 4.90 Å². The Kier molecular flexibility index (Phi) is 3.82. The van der Waals surface area contributed by atoms with E-state index in [0.717, 1.165) is 11.0 Å². The van der Waals surface area contributed by atoms with Crippen molar-refractivity contribution in [2.75, 3.05) is 31.1 Å². The smallest absolute Gasteiger partial charge is 0.243 e. The van der Waals surface area contributed by atoms with Crippen LogP contribution in [0.1, 0.15) is 24.6 Å². The number of anilines is 1. The standard InChI is InChI=1S/C15H18N4O2S2/c20-23(21,13-4-2-1-3-5-13)19-10-8-18(9-11-19)15-16-14(17-22-15)12-6-7-12/h1-5,12H,6-11H2. The molecule has 0 spiro atoms. The van der Waals surface area contributed by atoms with Gasteiger partial charge in [-0.25, -0.2) is 13.4 Å². The topological polar surface area (TPSA) is 66.4 Å². The van der Waals surface area contributed by atoms with Crippen molar-refractivity contribution in [1.29, 1.82) is 0 Å². The summed E-state index contributed by atoms with van der Waals surface area (Å²) >= 11 is 1.43. The molecule has 2 fully saturated rings. The van der Waals surface area contributed by atoms with Gasteiger partial charge in [0, 0.05) is 43.6 Å². The molecule has 2 aromatic rings. The number of nitrogens with zero attached hydrogens (tertiary/aromatic N) is 4. The minimum absolute atomic E-state index is 0.361. The van der Waals surface area contributed by atoms with E-state index in [9.17, 15) is 8.42 Å². The van der Waals surface area contributed by atoms with Gasteiger partial charge in [-0.05, 0) is 25.0 Å². The van der Waals surface area contributed by atoms with Gasteiger partial charge in [-0.2, -0.15) is 8.68 Å². The van der Waals surface area contributed by atoms with Gasteiger partial charge < -0.3 is 4.90 Å². The number of hydrogen-bond donors (Lipinski definition) is 0. The van der Waals surface area contributed by atoms with Gasteiger partial charge in [0.15, 0.2) is 0 Å². The third kappa shape index (κ3) is 2.98. The summed E-state index contributed by atoms with van der Waals surface area (Å²) in [5, 5.41) is 0.920. The maximum atomic E-state index is 12.6. The van der Waals surface area contributed by atoms with E-state index < -0.39 is 10.0 Å². The molecule has 23 heavy (non-hydrogen) atoms. The van der Waals surface area contributed by atoms with Crippen LogP contribution in [0.15, 0.2) is 35.2 Å². The van der Waals surface area contributed by atoms with E-state index in [1.165, 1.54) is 24.4 Å². The summed E-state index contributed by atoms with van der Waals surface area (Å²) in [6, 6.07) is 8.63. The van der Waals surface area contributed by atoms with Gasteiger partial charge >= 0.3 is 0 Å². The molecule has 0 bridgehead atoms. The molecule has 1 aromatic heterocycles. The van der Waals surface area contributed by atoms with Gasteiger partial charge in [-0.3, -0.25) is 0 Å². The minimum Gasteiger partial charge on any atom is -0.344 e. The predicted octanol–water partition coefficient (Wildman–Crippen LogP) is 1.93. The molecule has 1 aromatic carbocycles. The van der Waals surface area contributed by atoms with Crippen molar-refractivity contribution in [2.24, 2.45) is 0 Å². The third-order valence-electron chi connectivity index (χ3n) is 4.26. The molecule has 0 unspecified atom stereocenters. The Morgan fingerprint density at radius 3 is 2.39 bits per heavy atom. The second-order valence-corrected chi connectivity index (χ2v) is 8.58. The molecular formula is C15H18N4O2S2. The molecule has 1 saturated carbocycles. The van der Waals surface area contributed by atoms with Crippen LogP contribution in [-0.4, -0.2) is 48.3 Å². The number of sulfonamides is 1. The average Bonchev–Trinajstić information content (AvgIpc) is 3.33. The summed E-state index contributed by atoms with van der Waals surface area (Å²) in [6.07, 6.45) is 2.39. The minimum atomic E-state index is -3.39. The first-order chi connectivity index (χ1) is 11.1. The zero-order valence-electron chi connectivity index (χ0n) is 12.6. The molecule has 6 nitrogen and oxygen atoms in total. The van der Waals surface area contributed by atoms with Crippen molar-refractivity contribution in [3.8, 4) is 0 Å². The number of benzene rings is 1. The van der Waals surface area contributed by atoms with Crippen molar-refractivity contribution in [2.45, 2.75) is 23.7 Å². The summed E-state index contributed by atoms with van der Waals surface area (Å²) < 4.78 is 31.2. The summed E-state index contributed by atoms with van der Waals surface area (Å²) in [5.74, 6) is 1.52. The van der Waals surface area contributed by atoms with Crippen molar-refractivity contribution < 1.29 is 8.42 Å². The first-order valence-corrected chi connectivity index (χ1v) is 10.00. The quantitative estimate of drug-likeness (QED) is 0.843. The van der Waals surface area contributed by atoms with Crippen molar-refractivity contribution in [3.63, 3.8) is 0 Å². The molecule has 2 heterocycles. The van der Waals surface area contributed by atoms with Gasteiger partial charge in [0.05, 0.1) is 4.90 Å². The lowest BCUT2D eigenvalue weighted by Gasteiger charge is -2.33. The SMILES string of the molecule is O=S(=O)(c1ccccc1)N1CCN(c2nc(C3CC3)ns2)CC1. The summed E-state index contributed by atoms with van der Waals surface area (Å²) in [6.45, 7) is 2.28. The average molecular weight is 350 g/mol. The number of rotatable bonds is 4. The number of aromatic nitrogens is 2. The third-order valence-corrected chi connectivity index (χ3v) is 6.97. The highest BCUT2D eigenvalue weighted by atomic mass is 32.2. The van der Waals surface area contributed by atoms with Crippen molar-refractivity contribution in [1.82, 2.24) is 13.7 Å². The lowest BCUT2D eigenvalue weighted by molar-refractivity contribution is 0.384. The largest absolute Gasteiger partial charge is 0.344 e. The normalized spacial score (nSPS) is 19.9. The van der Waals surface area contributed by atoms with Crippen LogP contribution in [0.25, 0.3) is 0 Å². The van der Waals surface area contributed by atoms with E-state index >= 15 is 0 Å². The van der Waals surface area contributed by atoms with Gasteiger partial charge in [0.2, 0.25) is 15.2 Å². The fourth-order valence-electron chi connectivity index (χ4n) is 2.72.